The molecule has 0 saturated heterocycles. The van der Waals surface area contributed by atoms with E-state index < -0.39 is 0 Å². The van der Waals surface area contributed by atoms with Crippen LogP contribution in [-0.4, -0.2) is 0 Å². The first-order chi connectivity index (χ1) is 21.4. The highest BCUT2D eigenvalue weighted by molar-refractivity contribution is 5.85. The Balaban J connectivity index is 1.45. The Morgan fingerprint density at radius 1 is 0.511 bits per heavy atom. The van der Waals surface area contributed by atoms with Gasteiger partial charge in [0.1, 0.15) is 0 Å². The van der Waals surface area contributed by atoms with Gasteiger partial charge in [0.2, 0.25) is 0 Å². The highest BCUT2D eigenvalue weighted by Gasteiger charge is 2.40. The lowest BCUT2D eigenvalue weighted by Gasteiger charge is -2.37. The standard InChI is InChI=1S/C45H52/c1-9-23-45(24-10-2,37-27-33-17-13-21-39(41(33)29-37)31-15-11-19-35(25-31)43(3,4)5)38-28-34-18-14-22-40(42(34)30-38)32-16-12-20-36(26-32)44(6,7)8/h11-22,25-26,29-30H,9-10,23-24,27-28H2,1-8H3. The number of benzene rings is 4. The summed E-state index contributed by atoms with van der Waals surface area (Å²) in [6.07, 6.45) is 12.1. The molecule has 4 aromatic rings. The van der Waals surface area contributed by atoms with Crippen molar-refractivity contribution in [1.29, 1.82) is 0 Å². The average molecular weight is 593 g/mol. The minimum Gasteiger partial charge on any atom is -0.0653 e. The van der Waals surface area contributed by atoms with Crippen LogP contribution in [0.25, 0.3) is 34.4 Å². The number of hydrogen-bond acceptors (Lipinski definition) is 0. The Morgan fingerprint density at radius 2 is 0.911 bits per heavy atom. The molecular formula is C45H52. The summed E-state index contributed by atoms with van der Waals surface area (Å²) in [5.41, 5.74) is 17.6. The molecule has 0 heterocycles. The maximum Gasteiger partial charge on any atom is 0.0134 e. The van der Waals surface area contributed by atoms with E-state index in [0.29, 0.717) is 0 Å². The van der Waals surface area contributed by atoms with Gasteiger partial charge in [-0.15, -0.1) is 0 Å². The molecule has 0 nitrogen and oxygen atoms in total. The van der Waals surface area contributed by atoms with Crippen LogP contribution < -0.4 is 0 Å². The van der Waals surface area contributed by atoms with Crippen molar-refractivity contribution in [3.63, 3.8) is 0 Å². The molecule has 2 aliphatic carbocycles. The molecule has 2 aliphatic rings. The van der Waals surface area contributed by atoms with Crippen molar-refractivity contribution in [2.45, 2.75) is 105 Å². The lowest BCUT2D eigenvalue weighted by molar-refractivity contribution is 0.349. The van der Waals surface area contributed by atoms with Crippen molar-refractivity contribution >= 4 is 12.2 Å². The zero-order valence-electron chi connectivity index (χ0n) is 29.0. The van der Waals surface area contributed by atoms with Gasteiger partial charge in [-0.05, 0) is 92.1 Å². The fourth-order valence-corrected chi connectivity index (χ4v) is 7.99. The highest BCUT2D eigenvalue weighted by atomic mass is 14.4. The molecule has 6 rings (SSSR count). The minimum atomic E-state index is 0.0800. The van der Waals surface area contributed by atoms with Crippen molar-refractivity contribution in [2.24, 2.45) is 5.41 Å². The van der Waals surface area contributed by atoms with Gasteiger partial charge >= 0.3 is 0 Å². The van der Waals surface area contributed by atoms with Crippen molar-refractivity contribution in [1.82, 2.24) is 0 Å². The van der Waals surface area contributed by atoms with E-state index in [2.05, 4.69) is 152 Å². The number of rotatable bonds is 8. The molecule has 45 heavy (non-hydrogen) atoms. The molecule has 0 unspecified atom stereocenters. The first-order valence-corrected chi connectivity index (χ1v) is 17.3. The van der Waals surface area contributed by atoms with Crippen LogP contribution in [0.3, 0.4) is 0 Å². The maximum absolute atomic E-state index is 2.61. The molecule has 0 N–H and O–H groups in total. The fourth-order valence-electron chi connectivity index (χ4n) is 7.99. The first kappa shape index (κ1) is 31.3. The topological polar surface area (TPSA) is 0 Å². The van der Waals surface area contributed by atoms with Gasteiger partial charge in [-0.25, -0.2) is 0 Å². The summed E-state index contributed by atoms with van der Waals surface area (Å²) in [5.74, 6) is 0. The van der Waals surface area contributed by atoms with Crippen molar-refractivity contribution in [2.75, 3.05) is 0 Å². The molecule has 0 heteroatoms. The molecule has 0 atom stereocenters. The molecule has 232 valence electrons. The Morgan fingerprint density at radius 3 is 1.29 bits per heavy atom. The quantitative estimate of drug-likeness (QED) is 0.191. The largest absolute Gasteiger partial charge is 0.0653 e. The zero-order chi connectivity index (χ0) is 32.0. The Bertz CT molecular complexity index is 1640. The summed E-state index contributed by atoms with van der Waals surface area (Å²) in [4.78, 5) is 0. The summed E-state index contributed by atoms with van der Waals surface area (Å²) in [6, 6.07) is 32.4. The summed E-state index contributed by atoms with van der Waals surface area (Å²) in [6.45, 7) is 18.6. The second-order valence-electron chi connectivity index (χ2n) is 15.7. The normalized spacial score (nSPS) is 14.7. The van der Waals surface area contributed by atoms with Crippen LogP contribution in [0.15, 0.2) is 96.1 Å². The second kappa shape index (κ2) is 11.9. The average Bonchev–Trinajstić information content (AvgIpc) is 3.65. The van der Waals surface area contributed by atoms with E-state index in [4.69, 9.17) is 0 Å². The molecule has 0 bridgehead atoms. The molecular weight excluding hydrogens is 540 g/mol. The summed E-state index contributed by atoms with van der Waals surface area (Å²) >= 11 is 0. The van der Waals surface area contributed by atoms with Gasteiger partial charge in [0.25, 0.3) is 0 Å². The van der Waals surface area contributed by atoms with Gasteiger partial charge in [-0.1, -0.05) is 176 Å². The van der Waals surface area contributed by atoms with E-state index in [1.165, 1.54) is 81.3 Å². The number of hydrogen-bond donors (Lipinski definition) is 0. The van der Waals surface area contributed by atoms with Crippen LogP contribution in [0.1, 0.15) is 114 Å². The first-order valence-electron chi connectivity index (χ1n) is 17.3. The van der Waals surface area contributed by atoms with Crippen molar-refractivity contribution in [3.8, 4) is 22.3 Å². The Hall–Kier alpha value is -3.64. The minimum absolute atomic E-state index is 0.0800. The molecule has 0 aliphatic heterocycles. The van der Waals surface area contributed by atoms with E-state index in [9.17, 15) is 0 Å². The smallest absolute Gasteiger partial charge is 0.0134 e. The maximum atomic E-state index is 2.61. The monoisotopic (exact) mass is 592 g/mol. The third-order valence-corrected chi connectivity index (χ3v) is 10.5. The van der Waals surface area contributed by atoms with Gasteiger partial charge in [-0.3, -0.25) is 0 Å². The second-order valence-corrected chi connectivity index (χ2v) is 15.7. The summed E-state index contributed by atoms with van der Waals surface area (Å²) in [7, 11) is 0. The van der Waals surface area contributed by atoms with E-state index in [-0.39, 0.29) is 16.2 Å². The van der Waals surface area contributed by atoms with Gasteiger partial charge < -0.3 is 0 Å². The predicted octanol–water partition coefficient (Wildman–Crippen LogP) is 12.8. The van der Waals surface area contributed by atoms with Crippen LogP contribution in [0.5, 0.6) is 0 Å². The zero-order valence-corrected chi connectivity index (χ0v) is 29.0. The van der Waals surface area contributed by atoms with Gasteiger partial charge in [-0.2, -0.15) is 0 Å². The fraction of sp³-hybridized carbons (Fsp3) is 0.378. The van der Waals surface area contributed by atoms with E-state index >= 15 is 0 Å². The molecule has 4 aromatic carbocycles. The van der Waals surface area contributed by atoms with Crippen LogP contribution in [0.2, 0.25) is 0 Å². The van der Waals surface area contributed by atoms with Crippen LogP contribution in [0.4, 0.5) is 0 Å². The number of fused-ring (bicyclic) bond motifs is 2. The Kier molecular flexibility index (Phi) is 8.32. The lowest BCUT2D eigenvalue weighted by atomic mass is 9.66. The molecule has 0 amide bonds. The molecule has 0 saturated carbocycles. The van der Waals surface area contributed by atoms with E-state index in [1.54, 1.807) is 11.1 Å². The van der Waals surface area contributed by atoms with Crippen LogP contribution in [-0.2, 0) is 23.7 Å². The number of allylic oxidation sites excluding steroid dienone is 2. The summed E-state index contributed by atoms with van der Waals surface area (Å²) in [5, 5.41) is 0. The molecule has 0 spiro atoms. The third kappa shape index (κ3) is 5.90. The van der Waals surface area contributed by atoms with Gasteiger partial charge in [0, 0.05) is 5.41 Å². The third-order valence-electron chi connectivity index (χ3n) is 10.5. The van der Waals surface area contributed by atoms with E-state index in [1.807, 2.05) is 0 Å². The highest BCUT2D eigenvalue weighted by Crippen LogP contribution is 2.54. The van der Waals surface area contributed by atoms with Gasteiger partial charge in [0.05, 0.1) is 0 Å². The predicted molar refractivity (Wildman–Crippen MR) is 197 cm³/mol. The molecule has 0 radical (unpaired) electrons. The SMILES string of the molecule is CCCC(CCC)(C1=Cc2c(cccc2-c2cccc(C(C)(C)C)c2)C1)C1=Cc2c(cccc2-c2cccc(C(C)(C)C)c2)C1. The van der Waals surface area contributed by atoms with Gasteiger partial charge in [0.15, 0.2) is 0 Å². The molecule has 0 fully saturated rings. The van der Waals surface area contributed by atoms with E-state index in [0.717, 1.165) is 12.8 Å². The van der Waals surface area contributed by atoms with Crippen LogP contribution >= 0.6 is 0 Å². The van der Waals surface area contributed by atoms with Crippen molar-refractivity contribution < 1.29 is 0 Å². The van der Waals surface area contributed by atoms with Crippen LogP contribution in [0, 0.1) is 5.41 Å². The van der Waals surface area contributed by atoms with Crippen molar-refractivity contribution in [3.05, 3.63) is 129 Å². The summed E-state index contributed by atoms with van der Waals surface area (Å²) < 4.78 is 0. The Labute approximate surface area is 273 Å². The lowest BCUT2D eigenvalue weighted by Crippen LogP contribution is -2.26. The molecule has 0 aromatic heterocycles.